The molecule has 1 N–H and O–H groups in total. The number of anilines is 1. The monoisotopic (exact) mass is 309 g/mol. The summed E-state index contributed by atoms with van der Waals surface area (Å²) in [5, 5.41) is 2.74. The van der Waals surface area contributed by atoms with Crippen molar-refractivity contribution in [2.45, 2.75) is 13.8 Å². The van der Waals surface area contributed by atoms with Crippen molar-refractivity contribution in [3.8, 4) is 11.4 Å². The van der Waals surface area contributed by atoms with Crippen LogP contribution >= 0.6 is 15.9 Å². The Labute approximate surface area is 114 Å². The van der Waals surface area contributed by atoms with Crippen molar-refractivity contribution in [2.75, 3.05) is 12.4 Å². The first-order valence-corrected chi connectivity index (χ1v) is 6.30. The van der Waals surface area contributed by atoms with Crippen LogP contribution in [0.15, 0.2) is 22.7 Å². The maximum Gasteiger partial charge on any atom is 0.186 e. The first kappa shape index (κ1) is 13.0. The lowest BCUT2D eigenvalue weighted by molar-refractivity contribution is 0.607. The molecule has 0 saturated heterocycles. The molecule has 3 nitrogen and oxygen atoms in total. The van der Waals surface area contributed by atoms with E-state index in [9.17, 15) is 4.39 Å². The number of aryl methyl sites for hydroxylation is 2. The summed E-state index contributed by atoms with van der Waals surface area (Å²) in [5.41, 5.74) is 2.32. The first-order chi connectivity index (χ1) is 8.52. The number of rotatable bonds is 2. The summed E-state index contributed by atoms with van der Waals surface area (Å²) in [6.07, 6.45) is 0. The van der Waals surface area contributed by atoms with Crippen LogP contribution in [0.5, 0.6) is 0 Å². The molecule has 5 heteroatoms. The Balaban J connectivity index is 2.60. The van der Waals surface area contributed by atoms with Crippen LogP contribution in [0.4, 0.5) is 10.2 Å². The summed E-state index contributed by atoms with van der Waals surface area (Å²) in [7, 11) is 1.64. The van der Waals surface area contributed by atoms with Crippen LogP contribution in [0.2, 0.25) is 0 Å². The summed E-state index contributed by atoms with van der Waals surface area (Å²) >= 11 is 3.48. The van der Waals surface area contributed by atoms with E-state index in [1.165, 1.54) is 0 Å². The van der Waals surface area contributed by atoms with E-state index in [0.29, 0.717) is 11.5 Å². The molecule has 0 bridgehead atoms. The molecule has 0 aliphatic carbocycles. The lowest BCUT2D eigenvalue weighted by Crippen LogP contribution is -2.03. The fraction of sp³-hybridized carbons (Fsp3) is 0.231. The molecule has 0 saturated carbocycles. The second-order valence-corrected chi connectivity index (χ2v) is 4.88. The van der Waals surface area contributed by atoms with Crippen LogP contribution in [0, 0.1) is 19.7 Å². The Kier molecular flexibility index (Phi) is 3.61. The molecule has 1 aromatic carbocycles. The van der Waals surface area contributed by atoms with Crippen LogP contribution in [-0.4, -0.2) is 17.0 Å². The van der Waals surface area contributed by atoms with E-state index in [2.05, 4.69) is 31.2 Å². The van der Waals surface area contributed by atoms with E-state index >= 15 is 0 Å². The smallest absolute Gasteiger partial charge is 0.186 e. The Bertz CT molecular complexity index is 599. The van der Waals surface area contributed by atoms with Gasteiger partial charge in [-0.15, -0.1) is 0 Å². The van der Waals surface area contributed by atoms with Gasteiger partial charge in [0.15, 0.2) is 17.5 Å². The SMILES string of the molecule is CNc1nc(-c2ccc(C)cc2Br)nc(C)c1F. The molecule has 2 aromatic rings. The van der Waals surface area contributed by atoms with Crippen LogP contribution < -0.4 is 5.32 Å². The summed E-state index contributed by atoms with van der Waals surface area (Å²) < 4.78 is 14.6. The van der Waals surface area contributed by atoms with Gasteiger partial charge in [0.25, 0.3) is 0 Å². The molecular weight excluding hydrogens is 297 g/mol. The molecule has 0 aliphatic heterocycles. The van der Waals surface area contributed by atoms with Crippen molar-refractivity contribution in [1.29, 1.82) is 0 Å². The zero-order valence-corrected chi connectivity index (χ0v) is 12.0. The van der Waals surface area contributed by atoms with Crippen molar-refractivity contribution in [3.63, 3.8) is 0 Å². The summed E-state index contributed by atoms with van der Waals surface area (Å²) in [6.45, 7) is 3.63. The normalized spacial score (nSPS) is 10.5. The highest BCUT2D eigenvalue weighted by Gasteiger charge is 2.13. The van der Waals surface area contributed by atoms with Gasteiger partial charge in [-0.1, -0.05) is 22.0 Å². The van der Waals surface area contributed by atoms with E-state index in [1.54, 1.807) is 14.0 Å². The van der Waals surface area contributed by atoms with Crippen LogP contribution in [0.3, 0.4) is 0 Å². The van der Waals surface area contributed by atoms with Crippen molar-refractivity contribution < 1.29 is 4.39 Å². The number of aromatic nitrogens is 2. The Morgan fingerprint density at radius 1 is 1.22 bits per heavy atom. The average molecular weight is 310 g/mol. The standard InChI is InChI=1S/C13H13BrFN3/c1-7-4-5-9(10(14)6-7)12-17-8(2)11(15)13(16-3)18-12/h4-6H,1-3H3,(H,16,17,18). The highest BCUT2D eigenvalue weighted by molar-refractivity contribution is 9.10. The third-order valence-electron chi connectivity index (χ3n) is 2.62. The van der Waals surface area contributed by atoms with Crippen LogP contribution in [0.25, 0.3) is 11.4 Å². The van der Waals surface area contributed by atoms with Gasteiger partial charge < -0.3 is 5.32 Å². The van der Waals surface area contributed by atoms with Gasteiger partial charge in [-0.05, 0) is 31.5 Å². The van der Waals surface area contributed by atoms with Crippen LogP contribution in [-0.2, 0) is 0 Å². The number of nitrogens with zero attached hydrogens (tertiary/aromatic N) is 2. The topological polar surface area (TPSA) is 37.8 Å². The Morgan fingerprint density at radius 3 is 2.56 bits per heavy atom. The molecule has 0 unspecified atom stereocenters. The number of halogens is 2. The molecular formula is C13H13BrFN3. The molecule has 0 aliphatic rings. The molecule has 0 spiro atoms. The third-order valence-corrected chi connectivity index (χ3v) is 3.28. The minimum atomic E-state index is -0.413. The van der Waals surface area contributed by atoms with Gasteiger partial charge in [0, 0.05) is 17.1 Å². The summed E-state index contributed by atoms with van der Waals surface area (Å²) in [5.74, 6) is 0.305. The molecule has 2 rings (SSSR count). The van der Waals surface area contributed by atoms with Gasteiger partial charge in [0.05, 0.1) is 5.69 Å². The van der Waals surface area contributed by atoms with Gasteiger partial charge >= 0.3 is 0 Å². The van der Waals surface area contributed by atoms with Gasteiger partial charge in [-0.3, -0.25) is 0 Å². The second-order valence-electron chi connectivity index (χ2n) is 4.03. The average Bonchev–Trinajstić information content (AvgIpc) is 2.32. The van der Waals surface area contributed by atoms with E-state index < -0.39 is 5.82 Å². The minimum Gasteiger partial charge on any atom is -0.371 e. The highest BCUT2D eigenvalue weighted by Crippen LogP contribution is 2.28. The van der Waals surface area contributed by atoms with Crippen molar-refractivity contribution in [2.24, 2.45) is 0 Å². The maximum atomic E-state index is 13.7. The van der Waals surface area contributed by atoms with Gasteiger partial charge in [0.1, 0.15) is 0 Å². The predicted octanol–water partition coefficient (Wildman–Crippen LogP) is 3.70. The zero-order chi connectivity index (χ0) is 13.3. The van der Waals surface area contributed by atoms with Crippen molar-refractivity contribution >= 4 is 21.7 Å². The number of benzene rings is 1. The fourth-order valence-corrected chi connectivity index (χ4v) is 2.32. The third kappa shape index (κ3) is 2.36. The lowest BCUT2D eigenvalue weighted by atomic mass is 10.1. The zero-order valence-electron chi connectivity index (χ0n) is 10.4. The molecule has 1 aromatic heterocycles. The van der Waals surface area contributed by atoms with E-state index in [0.717, 1.165) is 15.6 Å². The van der Waals surface area contributed by atoms with Crippen LogP contribution in [0.1, 0.15) is 11.3 Å². The van der Waals surface area contributed by atoms with E-state index in [1.807, 2.05) is 25.1 Å². The Hall–Kier alpha value is -1.49. The van der Waals surface area contributed by atoms with Crippen molar-refractivity contribution in [1.82, 2.24) is 9.97 Å². The molecule has 0 amide bonds. The number of hydrogen-bond acceptors (Lipinski definition) is 3. The fourth-order valence-electron chi connectivity index (χ4n) is 1.65. The Morgan fingerprint density at radius 2 is 1.94 bits per heavy atom. The van der Waals surface area contributed by atoms with Gasteiger partial charge in [-0.2, -0.15) is 0 Å². The van der Waals surface area contributed by atoms with Gasteiger partial charge in [0.2, 0.25) is 0 Å². The number of hydrogen-bond donors (Lipinski definition) is 1. The first-order valence-electron chi connectivity index (χ1n) is 5.51. The molecule has 0 atom stereocenters. The predicted molar refractivity (Wildman–Crippen MR) is 74.1 cm³/mol. The van der Waals surface area contributed by atoms with Gasteiger partial charge in [-0.25, -0.2) is 14.4 Å². The second kappa shape index (κ2) is 5.02. The maximum absolute atomic E-state index is 13.7. The molecule has 1 heterocycles. The minimum absolute atomic E-state index is 0.213. The van der Waals surface area contributed by atoms with Crippen molar-refractivity contribution in [3.05, 3.63) is 39.7 Å². The lowest BCUT2D eigenvalue weighted by Gasteiger charge is -2.09. The largest absolute Gasteiger partial charge is 0.371 e. The highest BCUT2D eigenvalue weighted by atomic mass is 79.9. The quantitative estimate of drug-likeness (QED) is 0.919. The molecule has 0 radical (unpaired) electrons. The molecule has 0 fully saturated rings. The van der Waals surface area contributed by atoms with E-state index in [-0.39, 0.29) is 5.82 Å². The number of nitrogens with one attached hydrogen (secondary N) is 1. The molecule has 94 valence electrons. The summed E-state index contributed by atoms with van der Waals surface area (Å²) in [6, 6.07) is 5.88. The molecule has 18 heavy (non-hydrogen) atoms. The summed E-state index contributed by atoms with van der Waals surface area (Å²) in [4.78, 5) is 8.37. The van der Waals surface area contributed by atoms with E-state index in [4.69, 9.17) is 0 Å².